The van der Waals surface area contributed by atoms with Crippen LogP contribution in [0, 0.1) is 21.4 Å². The van der Waals surface area contributed by atoms with Crippen LogP contribution in [0.4, 0.5) is 11.4 Å². The Morgan fingerprint density at radius 2 is 1.88 bits per heavy atom. The molecule has 1 N–H and O–H groups in total. The Hall–Kier alpha value is -3.86. The fourth-order valence-electron chi connectivity index (χ4n) is 2.75. The highest BCUT2D eigenvalue weighted by Crippen LogP contribution is 2.30. The summed E-state index contributed by atoms with van der Waals surface area (Å²) in [4.78, 5) is 23.1. The van der Waals surface area contributed by atoms with Crippen LogP contribution < -0.4 is 10.1 Å². The minimum Gasteiger partial charge on any atom is -0.488 e. The molecule has 0 saturated carbocycles. The van der Waals surface area contributed by atoms with Crippen LogP contribution in [0.15, 0.2) is 72.3 Å². The third-order valence-electron chi connectivity index (χ3n) is 4.30. The molecule has 0 bridgehead atoms. The number of non-ortho nitro benzene ring substituents is 1. The number of rotatable bonds is 7. The van der Waals surface area contributed by atoms with E-state index in [2.05, 4.69) is 5.32 Å². The molecule has 3 aromatic carbocycles. The van der Waals surface area contributed by atoms with Crippen molar-refractivity contribution in [3.63, 3.8) is 0 Å². The lowest BCUT2D eigenvalue weighted by molar-refractivity contribution is -0.384. The average molecular weight is 468 g/mol. The Morgan fingerprint density at radius 1 is 1.12 bits per heavy atom. The van der Waals surface area contributed by atoms with Crippen molar-refractivity contribution in [2.24, 2.45) is 0 Å². The number of benzene rings is 3. The van der Waals surface area contributed by atoms with Crippen LogP contribution in [0.2, 0.25) is 10.0 Å². The van der Waals surface area contributed by atoms with E-state index in [-0.39, 0.29) is 33.6 Å². The van der Waals surface area contributed by atoms with Gasteiger partial charge < -0.3 is 10.1 Å². The topological polar surface area (TPSA) is 105 Å². The average Bonchev–Trinajstić information content (AvgIpc) is 2.79. The predicted molar refractivity (Wildman–Crippen MR) is 123 cm³/mol. The second kappa shape index (κ2) is 10.4. The Bertz CT molecular complexity index is 1250. The van der Waals surface area contributed by atoms with Gasteiger partial charge in [-0.3, -0.25) is 14.9 Å². The fourth-order valence-corrected chi connectivity index (χ4v) is 3.09. The summed E-state index contributed by atoms with van der Waals surface area (Å²) < 4.78 is 5.79. The monoisotopic (exact) mass is 467 g/mol. The van der Waals surface area contributed by atoms with E-state index in [1.807, 2.05) is 6.07 Å². The van der Waals surface area contributed by atoms with E-state index in [0.717, 1.165) is 0 Å². The van der Waals surface area contributed by atoms with Gasteiger partial charge in [0.05, 0.1) is 20.7 Å². The van der Waals surface area contributed by atoms with Crippen LogP contribution in [-0.4, -0.2) is 10.8 Å². The van der Waals surface area contributed by atoms with Crippen molar-refractivity contribution in [3.05, 3.63) is 104 Å². The minimum atomic E-state index is -0.662. The van der Waals surface area contributed by atoms with E-state index >= 15 is 0 Å². The largest absolute Gasteiger partial charge is 0.488 e. The smallest absolute Gasteiger partial charge is 0.269 e. The quantitative estimate of drug-likeness (QED) is 0.197. The summed E-state index contributed by atoms with van der Waals surface area (Å²) in [5, 5.41) is 23.4. The molecule has 0 aromatic heterocycles. The molecule has 0 heterocycles. The zero-order valence-corrected chi connectivity index (χ0v) is 17.9. The standard InChI is InChI=1S/C23H15Cl2N3O4/c24-19-8-4-9-20(22(19)25)27-23(29)17(13-26)12-16-6-1-2-10-21(16)32-14-15-5-3-7-18(11-15)28(30)31/h1-12H,14H2,(H,27,29)/b17-12-. The number of anilines is 1. The van der Waals surface area contributed by atoms with Gasteiger partial charge in [-0.15, -0.1) is 0 Å². The Labute approximate surface area is 193 Å². The molecule has 0 saturated heterocycles. The number of para-hydroxylation sites is 1. The highest BCUT2D eigenvalue weighted by atomic mass is 35.5. The predicted octanol–water partition coefficient (Wildman–Crippen LogP) is 6.03. The number of carbonyl (C=O) groups is 1. The third kappa shape index (κ3) is 5.64. The lowest BCUT2D eigenvalue weighted by atomic mass is 10.1. The Balaban J connectivity index is 1.80. The van der Waals surface area contributed by atoms with Crippen molar-refractivity contribution in [1.82, 2.24) is 0 Å². The van der Waals surface area contributed by atoms with Gasteiger partial charge in [0.25, 0.3) is 11.6 Å². The minimum absolute atomic E-state index is 0.0394. The molecule has 160 valence electrons. The number of nitro groups is 1. The molecular weight excluding hydrogens is 453 g/mol. The molecule has 0 unspecified atom stereocenters. The summed E-state index contributed by atoms with van der Waals surface area (Å²) >= 11 is 12.0. The van der Waals surface area contributed by atoms with Crippen LogP contribution >= 0.6 is 23.2 Å². The Morgan fingerprint density at radius 3 is 2.62 bits per heavy atom. The SMILES string of the molecule is N#C/C(=C/c1ccccc1OCc1cccc([N+](=O)[O-])c1)C(=O)Nc1cccc(Cl)c1Cl. The zero-order valence-electron chi connectivity index (χ0n) is 16.4. The van der Waals surface area contributed by atoms with Crippen molar-refractivity contribution in [3.8, 4) is 11.8 Å². The number of carbonyl (C=O) groups excluding carboxylic acids is 1. The number of ether oxygens (including phenoxy) is 1. The first kappa shape index (κ1) is 22.8. The molecule has 9 heteroatoms. The fraction of sp³-hybridized carbons (Fsp3) is 0.0435. The maximum Gasteiger partial charge on any atom is 0.269 e. The number of hydrogen-bond acceptors (Lipinski definition) is 5. The van der Waals surface area contributed by atoms with Crippen LogP contribution in [-0.2, 0) is 11.4 Å². The molecule has 0 fully saturated rings. The van der Waals surface area contributed by atoms with E-state index in [1.54, 1.807) is 54.6 Å². The Kier molecular flexibility index (Phi) is 7.45. The molecule has 3 rings (SSSR count). The number of nitriles is 1. The first-order valence-electron chi connectivity index (χ1n) is 9.21. The van der Waals surface area contributed by atoms with Crippen molar-refractivity contribution in [2.45, 2.75) is 6.61 Å². The van der Waals surface area contributed by atoms with Crippen LogP contribution in [0.25, 0.3) is 6.08 Å². The van der Waals surface area contributed by atoms with Crippen molar-refractivity contribution < 1.29 is 14.5 Å². The number of nitrogens with zero attached hydrogens (tertiary/aromatic N) is 2. The molecule has 0 aliphatic carbocycles. The van der Waals surface area contributed by atoms with Gasteiger partial charge in [-0.25, -0.2) is 0 Å². The van der Waals surface area contributed by atoms with Crippen LogP contribution in [0.5, 0.6) is 5.75 Å². The van der Waals surface area contributed by atoms with Gasteiger partial charge in [0.15, 0.2) is 0 Å². The van der Waals surface area contributed by atoms with Gasteiger partial charge in [-0.1, -0.05) is 59.6 Å². The third-order valence-corrected chi connectivity index (χ3v) is 5.12. The molecule has 0 radical (unpaired) electrons. The molecule has 0 aliphatic rings. The number of hydrogen-bond donors (Lipinski definition) is 1. The van der Waals surface area contributed by atoms with E-state index in [0.29, 0.717) is 16.9 Å². The number of halogens is 2. The highest BCUT2D eigenvalue weighted by Gasteiger charge is 2.14. The first-order valence-corrected chi connectivity index (χ1v) is 9.97. The van der Waals surface area contributed by atoms with Gasteiger partial charge >= 0.3 is 0 Å². The van der Waals surface area contributed by atoms with Gasteiger partial charge in [-0.05, 0) is 29.8 Å². The summed E-state index contributed by atoms with van der Waals surface area (Å²) in [5.41, 5.74) is 1.16. The lowest BCUT2D eigenvalue weighted by Crippen LogP contribution is -2.13. The summed E-state index contributed by atoms with van der Waals surface area (Å²) in [7, 11) is 0. The van der Waals surface area contributed by atoms with E-state index in [1.165, 1.54) is 18.2 Å². The van der Waals surface area contributed by atoms with Crippen molar-refractivity contribution >= 4 is 46.6 Å². The van der Waals surface area contributed by atoms with Gasteiger partial charge in [0, 0.05) is 17.7 Å². The second-order valence-corrected chi connectivity index (χ2v) is 7.26. The second-order valence-electron chi connectivity index (χ2n) is 6.48. The normalized spacial score (nSPS) is 10.8. The highest BCUT2D eigenvalue weighted by molar-refractivity contribution is 6.44. The van der Waals surface area contributed by atoms with Crippen molar-refractivity contribution in [2.75, 3.05) is 5.32 Å². The molecule has 0 spiro atoms. The maximum absolute atomic E-state index is 12.6. The van der Waals surface area contributed by atoms with Gasteiger partial charge in [0.2, 0.25) is 0 Å². The number of nitro benzene ring substituents is 1. The molecule has 3 aromatic rings. The van der Waals surface area contributed by atoms with E-state index in [4.69, 9.17) is 27.9 Å². The first-order chi connectivity index (χ1) is 15.4. The molecular formula is C23H15Cl2N3O4. The molecule has 7 nitrogen and oxygen atoms in total. The molecule has 1 amide bonds. The summed E-state index contributed by atoms with van der Waals surface area (Å²) in [6.07, 6.45) is 1.39. The molecule has 0 atom stereocenters. The number of nitrogens with one attached hydrogen (secondary N) is 1. The van der Waals surface area contributed by atoms with E-state index in [9.17, 15) is 20.2 Å². The molecule has 32 heavy (non-hydrogen) atoms. The zero-order chi connectivity index (χ0) is 23.1. The molecule has 0 aliphatic heterocycles. The van der Waals surface area contributed by atoms with E-state index < -0.39 is 10.8 Å². The van der Waals surface area contributed by atoms with Crippen molar-refractivity contribution in [1.29, 1.82) is 5.26 Å². The van der Waals surface area contributed by atoms with Gasteiger partial charge in [0.1, 0.15) is 24.0 Å². The lowest BCUT2D eigenvalue weighted by Gasteiger charge is -2.10. The van der Waals surface area contributed by atoms with Gasteiger partial charge in [-0.2, -0.15) is 5.26 Å². The maximum atomic E-state index is 12.6. The number of amides is 1. The summed E-state index contributed by atoms with van der Waals surface area (Å²) in [5.74, 6) is -0.259. The van der Waals surface area contributed by atoms with Crippen LogP contribution in [0.1, 0.15) is 11.1 Å². The summed E-state index contributed by atoms with van der Waals surface area (Å²) in [6, 6.07) is 19.5. The van der Waals surface area contributed by atoms with Crippen LogP contribution in [0.3, 0.4) is 0 Å². The summed E-state index contributed by atoms with van der Waals surface area (Å²) in [6.45, 7) is 0.0682.